The lowest BCUT2D eigenvalue weighted by molar-refractivity contribution is 0.409. The van der Waals surface area contributed by atoms with Crippen molar-refractivity contribution in [3.8, 4) is 5.75 Å². The maximum atomic E-state index is 5.34. The lowest BCUT2D eigenvalue weighted by Crippen LogP contribution is -2.39. The van der Waals surface area contributed by atoms with Crippen LogP contribution in [-0.4, -0.2) is 20.2 Å². The molecule has 110 valence electrons. The van der Waals surface area contributed by atoms with Gasteiger partial charge in [0.05, 0.1) is 7.11 Å². The predicted molar refractivity (Wildman–Crippen MR) is 90.1 cm³/mol. The molecule has 0 saturated carbocycles. The highest BCUT2D eigenvalue weighted by Gasteiger charge is 2.32. The summed E-state index contributed by atoms with van der Waals surface area (Å²) in [6.07, 6.45) is 2.16. The first-order valence-corrected chi connectivity index (χ1v) is 8.09. The lowest BCUT2D eigenvalue weighted by Gasteiger charge is -2.36. The van der Waals surface area contributed by atoms with E-state index in [4.69, 9.17) is 4.74 Å². The Hall–Kier alpha value is -1.32. The number of methoxy groups -OCH3 is 1. The van der Waals surface area contributed by atoms with Crippen LogP contribution in [-0.2, 0) is 12.8 Å². The molecule has 0 fully saturated rings. The van der Waals surface area contributed by atoms with Crippen LogP contribution in [0.15, 0.2) is 46.9 Å². The largest absolute Gasteiger partial charge is 0.497 e. The van der Waals surface area contributed by atoms with Gasteiger partial charge >= 0.3 is 0 Å². The minimum Gasteiger partial charge on any atom is -0.497 e. The fraction of sp³-hybridized carbons (Fsp3) is 0.333. The summed E-state index contributed by atoms with van der Waals surface area (Å²) in [5.41, 5.74) is 4.28. The summed E-state index contributed by atoms with van der Waals surface area (Å²) in [6, 6.07) is 15.4. The minimum atomic E-state index is 0.448. The molecule has 0 aliphatic heterocycles. The van der Waals surface area contributed by atoms with Gasteiger partial charge in [-0.2, -0.15) is 0 Å². The Morgan fingerprint density at radius 2 is 2.10 bits per heavy atom. The van der Waals surface area contributed by atoms with Crippen LogP contribution < -0.4 is 10.1 Å². The summed E-state index contributed by atoms with van der Waals surface area (Å²) in [5.74, 6) is 1.52. The van der Waals surface area contributed by atoms with Gasteiger partial charge in [0.15, 0.2) is 0 Å². The van der Waals surface area contributed by atoms with Crippen LogP contribution >= 0.6 is 15.9 Å². The summed E-state index contributed by atoms with van der Waals surface area (Å²) in [4.78, 5) is 0. The molecule has 2 nitrogen and oxygen atoms in total. The maximum Gasteiger partial charge on any atom is 0.119 e. The molecule has 0 bridgehead atoms. The molecule has 3 heteroatoms. The molecule has 1 aliphatic rings. The number of fused-ring (bicyclic) bond motifs is 1. The van der Waals surface area contributed by atoms with Gasteiger partial charge in [0.1, 0.15) is 5.75 Å². The Bertz CT molecular complexity index is 641. The van der Waals surface area contributed by atoms with E-state index < -0.39 is 0 Å². The van der Waals surface area contributed by atoms with Crippen LogP contribution in [0.3, 0.4) is 0 Å². The van der Waals surface area contributed by atoms with Crippen molar-refractivity contribution in [2.24, 2.45) is 0 Å². The van der Waals surface area contributed by atoms with Gasteiger partial charge in [0.2, 0.25) is 0 Å². The third kappa shape index (κ3) is 2.85. The van der Waals surface area contributed by atoms with Crippen molar-refractivity contribution in [2.75, 3.05) is 14.2 Å². The predicted octanol–water partition coefficient (Wildman–Crippen LogP) is 3.93. The first kappa shape index (κ1) is 14.6. The molecule has 0 spiro atoms. The molecule has 3 rings (SSSR count). The normalized spacial score (nSPS) is 17.8. The first-order valence-electron chi connectivity index (χ1n) is 7.30. The SMILES string of the molecule is CNC(Cc1cc(OC)ccc1Br)C1Cc2ccccc21. The molecule has 0 amide bonds. The van der Waals surface area contributed by atoms with E-state index >= 15 is 0 Å². The molecule has 2 aromatic rings. The Balaban J connectivity index is 1.80. The molecular formula is C18H20BrNO. The average Bonchev–Trinajstić information content (AvgIpc) is 2.49. The van der Waals surface area contributed by atoms with Crippen LogP contribution in [0.25, 0.3) is 0 Å². The van der Waals surface area contributed by atoms with E-state index in [1.54, 1.807) is 7.11 Å². The third-order valence-electron chi connectivity index (χ3n) is 4.44. The van der Waals surface area contributed by atoms with Crippen LogP contribution in [0.4, 0.5) is 0 Å². The van der Waals surface area contributed by atoms with Crippen molar-refractivity contribution < 1.29 is 4.74 Å². The van der Waals surface area contributed by atoms with Crippen LogP contribution in [0.2, 0.25) is 0 Å². The van der Waals surface area contributed by atoms with E-state index in [2.05, 4.69) is 64.7 Å². The molecule has 2 atom stereocenters. The minimum absolute atomic E-state index is 0.448. The monoisotopic (exact) mass is 345 g/mol. The fourth-order valence-corrected chi connectivity index (χ4v) is 3.58. The van der Waals surface area contributed by atoms with Crippen molar-refractivity contribution >= 4 is 15.9 Å². The molecule has 0 saturated heterocycles. The Kier molecular flexibility index (Phi) is 4.32. The maximum absolute atomic E-state index is 5.34. The lowest BCUT2D eigenvalue weighted by atomic mass is 9.72. The van der Waals surface area contributed by atoms with E-state index in [9.17, 15) is 0 Å². The van der Waals surface area contributed by atoms with E-state index in [-0.39, 0.29) is 0 Å². The van der Waals surface area contributed by atoms with Crippen molar-refractivity contribution in [1.82, 2.24) is 5.32 Å². The number of ether oxygens (including phenoxy) is 1. The number of rotatable bonds is 5. The quantitative estimate of drug-likeness (QED) is 0.886. The standard InChI is InChI=1S/C18H20BrNO/c1-20-18(16-10-12-5-3-4-6-15(12)16)11-13-9-14(21-2)7-8-17(13)19/h3-9,16,18,20H,10-11H2,1-2H3. The summed E-state index contributed by atoms with van der Waals surface area (Å²) >= 11 is 3.65. The highest BCUT2D eigenvalue weighted by molar-refractivity contribution is 9.10. The number of benzene rings is 2. The zero-order chi connectivity index (χ0) is 14.8. The van der Waals surface area contributed by atoms with Gasteiger partial charge in [-0.05, 0) is 54.8 Å². The summed E-state index contributed by atoms with van der Waals surface area (Å²) in [5, 5.41) is 3.50. The van der Waals surface area contributed by atoms with Crippen molar-refractivity contribution in [1.29, 1.82) is 0 Å². The third-order valence-corrected chi connectivity index (χ3v) is 5.22. The Morgan fingerprint density at radius 3 is 2.81 bits per heavy atom. The van der Waals surface area contributed by atoms with Crippen LogP contribution in [0, 0.1) is 0 Å². The molecule has 1 aliphatic carbocycles. The number of nitrogens with one attached hydrogen (secondary N) is 1. The van der Waals surface area contributed by atoms with E-state index in [0.29, 0.717) is 12.0 Å². The molecule has 2 unspecified atom stereocenters. The second-order valence-corrected chi connectivity index (χ2v) is 6.42. The highest BCUT2D eigenvalue weighted by atomic mass is 79.9. The van der Waals surface area contributed by atoms with E-state index in [1.165, 1.54) is 23.1 Å². The summed E-state index contributed by atoms with van der Waals surface area (Å²) in [7, 11) is 3.77. The molecule has 0 aromatic heterocycles. The highest BCUT2D eigenvalue weighted by Crippen LogP contribution is 2.38. The number of likely N-dealkylation sites (N-methyl/N-ethyl adjacent to an activating group) is 1. The van der Waals surface area contributed by atoms with Gasteiger partial charge in [-0.3, -0.25) is 0 Å². The summed E-state index contributed by atoms with van der Waals surface area (Å²) in [6.45, 7) is 0. The number of halogens is 1. The van der Waals surface area contributed by atoms with Gasteiger partial charge < -0.3 is 10.1 Å². The average molecular weight is 346 g/mol. The van der Waals surface area contributed by atoms with Crippen LogP contribution in [0.5, 0.6) is 5.75 Å². The zero-order valence-electron chi connectivity index (χ0n) is 12.4. The topological polar surface area (TPSA) is 21.3 Å². The van der Waals surface area contributed by atoms with Crippen molar-refractivity contribution in [3.05, 3.63) is 63.6 Å². The number of hydrogen-bond acceptors (Lipinski definition) is 2. The first-order chi connectivity index (χ1) is 10.2. The van der Waals surface area contributed by atoms with Crippen molar-refractivity contribution in [2.45, 2.75) is 24.8 Å². The molecular weight excluding hydrogens is 326 g/mol. The molecule has 2 aromatic carbocycles. The van der Waals surface area contributed by atoms with Gasteiger partial charge in [-0.1, -0.05) is 40.2 Å². The van der Waals surface area contributed by atoms with Gasteiger partial charge in [0.25, 0.3) is 0 Å². The van der Waals surface area contributed by atoms with E-state index in [1.807, 2.05) is 6.07 Å². The Labute approximate surface area is 134 Å². The second kappa shape index (κ2) is 6.20. The van der Waals surface area contributed by atoms with Crippen LogP contribution in [0.1, 0.15) is 22.6 Å². The fourth-order valence-electron chi connectivity index (χ4n) is 3.17. The Morgan fingerprint density at radius 1 is 1.29 bits per heavy atom. The van der Waals surface area contributed by atoms with Gasteiger partial charge in [-0.25, -0.2) is 0 Å². The number of hydrogen-bond donors (Lipinski definition) is 1. The van der Waals surface area contributed by atoms with Gasteiger partial charge in [0, 0.05) is 16.4 Å². The molecule has 0 radical (unpaired) electrons. The summed E-state index contributed by atoms with van der Waals surface area (Å²) < 4.78 is 6.49. The zero-order valence-corrected chi connectivity index (χ0v) is 14.0. The molecule has 1 N–H and O–H groups in total. The van der Waals surface area contributed by atoms with Crippen molar-refractivity contribution in [3.63, 3.8) is 0 Å². The van der Waals surface area contributed by atoms with E-state index in [0.717, 1.165) is 16.6 Å². The molecule has 21 heavy (non-hydrogen) atoms. The smallest absolute Gasteiger partial charge is 0.119 e. The second-order valence-electron chi connectivity index (χ2n) is 5.57. The molecule has 0 heterocycles. The van der Waals surface area contributed by atoms with Gasteiger partial charge in [-0.15, -0.1) is 0 Å².